The van der Waals surface area contributed by atoms with E-state index in [0.717, 1.165) is 10.0 Å². The second-order valence-electron chi connectivity index (χ2n) is 4.48. The fourth-order valence-corrected chi connectivity index (χ4v) is 2.61. The van der Waals surface area contributed by atoms with Crippen molar-refractivity contribution in [1.82, 2.24) is 20.0 Å². The minimum absolute atomic E-state index is 0.231. The SMILES string of the molecule is Cn1cc(Br)c(-c2nnc(-c3ccc4c(c3)OCO4)o2)n1. The summed E-state index contributed by atoms with van der Waals surface area (Å²) >= 11 is 3.41. The van der Waals surface area contributed by atoms with E-state index in [-0.39, 0.29) is 6.79 Å². The maximum absolute atomic E-state index is 5.69. The summed E-state index contributed by atoms with van der Waals surface area (Å²) in [5, 5.41) is 12.4. The van der Waals surface area contributed by atoms with Crippen molar-refractivity contribution >= 4 is 15.9 Å². The van der Waals surface area contributed by atoms with E-state index in [1.807, 2.05) is 31.4 Å². The van der Waals surface area contributed by atoms with Gasteiger partial charge >= 0.3 is 0 Å². The highest BCUT2D eigenvalue weighted by molar-refractivity contribution is 9.10. The lowest BCUT2D eigenvalue weighted by molar-refractivity contribution is 0.174. The lowest BCUT2D eigenvalue weighted by Crippen LogP contribution is -1.92. The zero-order chi connectivity index (χ0) is 14.4. The molecule has 21 heavy (non-hydrogen) atoms. The summed E-state index contributed by atoms with van der Waals surface area (Å²) in [6, 6.07) is 5.48. The number of rotatable bonds is 2. The zero-order valence-electron chi connectivity index (χ0n) is 10.9. The van der Waals surface area contributed by atoms with Crippen LogP contribution in [0.5, 0.6) is 11.5 Å². The molecule has 0 saturated carbocycles. The molecule has 1 aliphatic rings. The quantitative estimate of drug-likeness (QED) is 0.708. The molecule has 7 nitrogen and oxygen atoms in total. The molecule has 0 unspecified atom stereocenters. The second-order valence-corrected chi connectivity index (χ2v) is 5.33. The molecule has 0 radical (unpaired) electrons. The topological polar surface area (TPSA) is 75.2 Å². The van der Waals surface area contributed by atoms with Crippen LogP contribution in [0.3, 0.4) is 0 Å². The third-order valence-corrected chi connectivity index (χ3v) is 3.61. The molecule has 0 amide bonds. The monoisotopic (exact) mass is 348 g/mol. The number of aromatic nitrogens is 4. The first-order valence-electron chi connectivity index (χ1n) is 6.14. The van der Waals surface area contributed by atoms with Gasteiger partial charge in [0.2, 0.25) is 12.7 Å². The van der Waals surface area contributed by atoms with Crippen LogP contribution < -0.4 is 9.47 Å². The molecule has 0 fully saturated rings. The molecule has 0 spiro atoms. The minimum Gasteiger partial charge on any atom is -0.454 e. The van der Waals surface area contributed by atoms with E-state index in [4.69, 9.17) is 13.9 Å². The van der Waals surface area contributed by atoms with Gasteiger partial charge < -0.3 is 13.9 Å². The molecule has 106 valence electrons. The number of nitrogens with zero attached hydrogens (tertiary/aromatic N) is 4. The maximum atomic E-state index is 5.69. The summed E-state index contributed by atoms with van der Waals surface area (Å²) in [6.07, 6.45) is 1.82. The lowest BCUT2D eigenvalue weighted by Gasteiger charge is -1.97. The largest absolute Gasteiger partial charge is 0.454 e. The standard InChI is InChI=1S/C13H9BrN4O3/c1-18-5-8(14)11(17-18)13-16-15-12(21-13)7-2-3-9-10(4-7)20-6-19-9/h2-5H,6H2,1H3. The summed E-state index contributed by atoms with van der Waals surface area (Å²) in [5.41, 5.74) is 1.38. The first kappa shape index (κ1) is 12.4. The van der Waals surface area contributed by atoms with Crippen molar-refractivity contribution in [1.29, 1.82) is 0 Å². The van der Waals surface area contributed by atoms with E-state index in [0.29, 0.717) is 29.0 Å². The Hall–Kier alpha value is -2.35. The fourth-order valence-electron chi connectivity index (χ4n) is 2.07. The van der Waals surface area contributed by atoms with E-state index in [2.05, 4.69) is 31.2 Å². The molecule has 1 aromatic carbocycles. The van der Waals surface area contributed by atoms with Gasteiger partial charge in [0.15, 0.2) is 17.2 Å². The molecule has 0 saturated heterocycles. The number of halogens is 1. The fraction of sp³-hybridized carbons (Fsp3) is 0.154. The first-order valence-corrected chi connectivity index (χ1v) is 6.93. The summed E-state index contributed by atoms with van der Waals surface area (Å²) in [5.74, 6) is 2.15. The minimum atomic E-state index is 0.231. The van der Waals surface area contributed by atoms with Crippen molar-refractivity contribution in [2.45, 2.75) is 0 Å². The van der Waals surface area contributed by atoms with Crippen molar-refractivity contribution < 1.29 is 13.9 Å². The van der Waals surface area contributed by atoms with Gasteiger partial charge in [-0.15, -0.1) is 10.2 Å². The van der Waals surface area contributed by atoms with Gasteiger partial charge in [0.1, 0.15) is 0 Å². The van der Waals surface area contributed by atoms with Crippen LogP contribution in [0, 0.1) is 0 Å². The van der Waals surface area contributed by atoms with Crippen LogP contribution in [0.4, 0.5) is 0 Å². The normalized spacial score (nSPS) is 12.9. The van der Waals surface area contributed by atoms with Gasteiger partial charge in [-0.25, -0.2) is 0 Å². The van der Waals surface area contributed by atoms with Crippen LogP contribution in [-0.2, 0) is 7.05 Å². The molecule has 0 atom stereocenters. The summed E-state index contributed by atoms with van der Waals surface area (Å²) < 4.78 is 18.8. The van der Waals surface area contributed by atoms with Crippen LogP contribution in [0.15, 0.2) is 33.3 Å². The Balaban J connectivity index is 1.73. The van der Waals surface area contributed by atoms with Crippen molar-refractivity contribution in [3.8, 4) is 34.5 Å². The molecule has 8 heteroatoms. The average Bonchev–Trinajstić information content (AvgIpc) is 3.17. The van der Waals surface area contributed by atoms with E-state index < -0.39 is 0 Å². The van der Waals surface area contributed by atoms with E-state index in [1.165, 1.54) is 0 Å². The summed E-state index contributed by atoms with van der Waals surface area (Å²) in [6.45, 7) is 0.231. The van der Waals surface area contributed by atoms with E-state index in [1.54, 1.807) is 4.68 Å². The Labute approximate surface area is 127 Å². The van der Waals surface area contributed by atoms with Gasteiger partial charge in [0.05, 0.1) is 4.47 Å². The van der Waals surface area contributed by atoms with Gasteiger partial charge in [0, 0.05) is 18.8 Å². The number of aryl methyl sites for hydroxylation is 1. The maximum Gasteiger partial charge on any atom is 0.269 e. The Morgan fingerprint density at radius 2 is 1.95 bits per heavy atom. The lowest BCUT2D eigenvalue weighted by atomic mass is 10.2. The Bertz CT molecular complexity index is 827. The number of ether oxygens (including phenoxy) is 2. The molecule has 2 aromatic heterocycles. The molecule has 3 aromatic rings. The number of benzene rings is 1. The Morgan fingerprint density at radius 1 is 1.14 bits per heavy atom. The van der Waals surface area contributed by atoms with Crippen LogP contribution in [0.1, 0.15) is 0 Å². The van der Waals surface area contributed by atoms with E-state index >= 15 is 0 Å². The van der Waals surface area contributed by atoms with Crippen molar-refractivity contribution in [2.75, 3.05) is 6.79 Å². The molecule has 3 heterocycles. The molecule has 0 bridgehead atoms. The molecule has 1 aliphatic heterocycles. The smallest absolute Gasteiger partial charge is 0.269 e. The van der Waals surface area contributed by atoms with Crippen molar-refractivity contribution in [2.24, 2.45) is 7.05 Å². The molecule has 0 N–H and O–H groups in total. The third-order valence-electron chi connectivity index (χ3n) is 3.03. The van der Waals surface area contributed by atoms with Crippen LogP contribution in [0.25, 0.3) is 23.0 Å². The average molecular weight is 349 g/mol. The van der Waals surface area contributed by atoms with Gasteiger partial charge in [0.25, 0.3) is 5.89 Å². The molecule has 4 rings (SSSR count). The highest BCUT2D eigenvalue weighted by atomic mass is 79.9. The Morgan fingerprint density at radius 3 is 2.76 bits per heavy atom. The van der Waals surface area contributed by atoms with Gasteiger partial charge in [-0.05, 0) is 34.1 Å². The molecular formula is C13H9BrN4O3. The summed E-state index contributed by atoms with van der Waals surface area (Å²) in [4.78, 5) is 0. The number of hydrogen-bond acceptors (Lipinski definition) is 6. The van der Waals surface area contributed by atoms with Gasteiger partial charge in [-0.1, -0.05) is 0 Å². The zero-order valence-corrected chi connectivity index (χ0v) is 12.5. The predicted molar refractivity (Wildman–Crippen MR) is 75.8 cm³/mol. The van der Waals surface area contributed by atoms with Crippen LogP contribution in [0.2, 0.25) is 0 Å². The van der Waals surface area contributed by atoms with Crippen molar-refractivity contribution in [3.63, 3.8) is 0 Å². The van der Waals surface area contributed by atoms with Crippen LogP contribution in [-0.4, -0.2) is 26.8 Å². The highest BCUT2D eigenvalue weighted by Crippen LogP contribution is 2.36. The molecular weight excluding hydrogens is 340 g/mol. The number of fused-ring (bicyclic) bond motifs is 1. The van der Waals surface area contributed by atoms with E-state index in [9.17, 15) is 0 Å². The second kappa shape index (κ2) is 4.59. The van der Waals surface area contributed by atoms with Crippen molar-refractivity contribution in [3.05, 3.63) is 28.9 Å². The Kier molecular flexibility index (Phi) is 2.71. The first-order chi connectivity index (χ1) is 10.2. The van der Waals surface area contributed by atoms with Crippen LogP contribution >= 0.6 is 15.9 Å². The molecule has 0 aliphatic carbocycles. The van der Waals surface area contributed by atoms with Gasteiger partial charge in [-0.3, -0.25) is 4.68 Å². The summed E-state index contributed by atoms with van der Waals surface area (Å²) in [7, 11) is 1.82. The highest BCUT2D eigenvalue weighted by Gasteiger charge is 2.19. The third kappa shape index (κ3) is 2.07. The number of hydrogen-bond donors (Lipinski definition) is 0. The van der Waals surface area contributed by atoms with Gasteiger partial charge in [-0.2, -0.15) is 5.10 Å². The predicted octanol–water partition coefficient (Wildman–Crippen LogP) is 2.63.